The first-order valence-electron chi connectivity index (χ1n) is 5.69. The third-order valence-electron chi connectivity index (χ3n) is 2.93. The van der Waals surface area contributed by atoms with Crippen molar-refractivity contribution >= 4 is 16.7 Å². The predicted molar refractivity (Wildman–Crippen MR) is 66.8 cm³/mol. The number of pyridine rings is 1. The average molecular weight is 229 g/mol. The molecule has 1 atom stereocenters. The summed E-state index contributed by atoms with van der Waals surface area (Å²) < 4.78 is 4.83. The number of esters is 1. The maximum absolute atomic E-state index is 11.7. The van der Waals surface area contributed by atoms with Crippen LogP contribution in [0.2, 0.25) is 0 Å². The molecule has 0 bridgehead atoms. The van der Waals surface area contributed by atoms with E-state index in [4.69, 9.17) is 4.74 Å². The van der Waals surface area contributed by atoms with E-state index in [-0.39, 0.29) is 11.9 Å². The molecule has 0 amide bonds. The summed E-state index contributed by atoms with van der Waals surface area (Å²) in [6, 6.07) is 9.89. The molecule has 3 heteroatoms. The highest BCUT2D eigenvalue weighted by atomic mass is 16.5. The van der Waals surface area contributed by atoms with Crippen molar-refractivity contribution in [2.45, 2.75) is 19.3 Å². The smallest absolute Gasteiger partial charge is 0.314 e. The number of fused-ring (bicyclic) bond motifs is 1. The molecule has 0 aliphatic carbocycles. The number of aromatic nitrogens is 1. The monoisotopic (exact) mass is 229 g/mol. The van der Waals surface area contributed by atoms with E-state index in [0.29, 0.717) is 6.42 Å². The second kappa shape index (κ2) is 4.95. The normalized spacial score (nSPS) is 12.4. The zero-order chi connectivity index (χ0) is 12.3. The van der Waals surface area contributed by atoms with Crippen molar-refractivity contribution in [2.75, 3.05) is 7.11 Å². The molecular weight excluding hydrogens is 214 g/mol. The van der Waals surface area contributed by atoms with Crippen LogP contribution in [0.5, 0.6) is 0 Å². The molecule has 0 fully saturated rings. The van der Waals surface area contributed by atoms with Crippen molar-refractivity contribution in [3.63, 3.8) is 0 Å². The molecule has 0 saturated heterocycles. The molecule has 0 radical (unpaired) electrons. The molecule has 1 aromatic carbocycles. The maximum atomic E-state index is 11.7. The summed E-state index contributed by atoms with van der Waals surface area (Å²) in [5.74, 6) is -0.512. The number of carbonyl (C=O) groups is 1. The Kier molecular flexibility index (Phi) is 3.38. The number of hydrogen-bond acceptors (Lipinski definition) is 3. The fourth-order valence-electron chi connectivity index (χ4n) is 2.03. The number of rotatable bonds is 3. The number of methoxy groups -OCH3 is 1. The van der Waals surface area contributed by atoms with Crippen LogP contribution in [0.15, 0.2) is 36.5 Å². The van der Waals surface area contributed by atoms with E-state index in [2.05, 4.69) is 4.98 Å². The summed E-state index contributed by atoms with van der Waals surface area (Å²) in [7, 11) is 1.41. The van der Waals surface area contributed by atoms with Crippen LogP contribution in [0, 0.1) is 0 Å². The Morgan fingerprint density at radius 2 is 2.12 bits per heavy atom. The first-order chi connectivity index (χ1) is 8.27. The Bertz CT molecular complexity index is 531. The minimum absolute atomic E-state index is 0.226. The molecule has 1 heterocycles. The molecule has 17 heavy (non-hydrogen) atoms. The van der Waals surface area contributed by atoms with E-state index in [1.807, 2.05) is 37.3 Å². The molecule has 88 valence electrons. The topological polar surface area (TPSA) is 39.2 Å². The molecule has 0 saturated carbocycles. The van der Waals surface area contributed by atoms with Gasteiger partial charge in [0.05, 0.1) is 18.7 Å². The molecule has 2 rings (SSSR count). The average Bonchev–Trinajstić information content (AvgIpc) is 2.39. The van der Waals surface area contributed by atoms with Gasteiger partial charge in [0.1, 0.15) is 0 Å². The summed E-state index contributed by atoms with van der Waals surface area (Å²) in [6.45, 7) is 1.96. The van der Waals surface area contributed by atoms with Gasteiger partial charge in [-0.1, -0.05) is 31.2 Å². The highest BCUT2D eigenvalue weighted by molar-refractivity contribution is 5.89. The minimum atomic E-state index is -0.286. The fourth-order valence-corrected chi connectivity index (χ4v) is 2.03. The van der Waals surface area contributed by atoms with Crippen molar-refractivity contribution < 1.29 is 9.53 Å². The Hall–Kier alpha value is -1.90. The van der Waals surface area contributed by atoms with Crippen LogP contribution in [-0.4, -0.2) is 18.1 Å². The van der Waals surface area contributed by atoms with Gasteiger partial charge in [-0.25, -0.2) is 0 Å². The van der Waals surface area contributed by atoms with Crippen LogP contribution in [0.25, 0.3) is 10.8 Å². The van der Waals surface area contributed by atoms with Crippen LogP contribution in [0.1, 0.15) is 25.0 Å². The van der Waals surface area contributed by atoms with Gasteiger partial charge < -0.3 is 4.74 Å². The van der Waals surface area contributed by atoms with Crippen molar-refractivity contribution in [3.8, 4) is 0 Å². The molecule has 1 aromatic heterocycles. The van der Waals surface area contributed by atoms with Gasteiger partial charge in [-0.3, -0.25) is 9.78 Å². The lowest BCUT2D eigenvalue weighted by atomic mass is 9.97. The first-order valence-corrected chi connectivity index (χ1v) is 5.69. The fraction of sp³-hybridized carbons (Fsp3) is 0.286. The van der Waals surface area contributed by atoms with Crippen LogP contribution in [-0.2, 0) is 9.53 Å². The predicted octanol–water partition coefficient (Wildman–Crippen LogP) is 2.90. The second-order valence-corrected chi connectivity index (χ2v) is 3.90. The van der Waals surface area contributed by atoms with Gasteiger partial charge in [0, 0.05) is 11.6 Å². The van der Waals surface area contributed by atoms with E-state index in [1.54, 1.807) is 6.20 Å². The third-order valence-corrected chi connectivity index (χ3v) is 2.93. The van der Waals surface area contributed by atoms with Gasteiger partial charge in [0.15, 0.2) is 0 Å². The largest absolute Gasteiger partial charge is 0.469 e. The quantitative estimate of drug-likeness (QED) is 0.760. The van der Waals surface area contributed by atoms with Crippen molar-refractivity contribution in [1.29, 1.82) is 0 Å². The highest BCUT2D eigenvalue weighted by Gasteiger charge is 2.22. The summed E-state index contributed by atoms with van der Waals surface area (Å²) in [5.41, 5.74) is 0.803. The number of nitrogens with zero attached hydrogens (tertiary/aromatic N) is 1. The molecule has 0 N–H and O–H groups in total. The van der Waals surface area contributed by atoms with Gasteiger partial charge in [-0.2, -0.15) is 0 Å². The summed E-state index contributed by atoms with van der Waals surface area (Å²) >= 11 is 0. The number of hydrogen-bond donors (Lipinski definition) is 0. The summed E-state index contributed by atoms with van der Waals surface area (Å²) in [6.07, 6.45) is 2.43. The molecule has 3 nitrogen and oxygen atoms in total. The van der Waals surface area contributed by atoms with E-state index in [1.165, 1.54) is 7.11 Å². The van der Waals surface area contributed by atoms with Crippen LogP contribution >= 0.6 is 0 Å². The first kappa shape index (κ1) is 11.6. The summed E-state index contributed by atoms with van der Waals surface area (Å²) in [5, 5.41) is 2.12. The second-order valence-electron chi connectivity index (χ2n) is 3.90. The standard InChI is InChI=1S/C14H15NO2/c1-3-11(14(16)17-2)13-12-7-5-4-6-10(12)8-9-15-13/h4-9,11H,3H2,1-2H3. The number of carbonyl (C=O) groups excluding carboxylic acids is 1. The lowest BCUT2D eigenvalue weighted by Crippen LogP contribution is -2.15. The van der Waals surface area contributed by atoms with Gasteiger partial charge in [0.25, 0.3) is 0 Å². The molecule has 1 unspecified atom stereocenters. The van der Waals surface area contributed by atoms with Gasteiger partial charge in [-0.15, -0.1) is 0 Å². The van der Waals surface area contributed by atoms with Gasteiger partial charge in [0.2, 0.25) is 0 Å². The number of ether oxygens (including phenoxy) is 1. The van der Waals surface area contributed by atoms with Crippen LogP contribution < -0.4 is 0 Å². The molecule has 0 aliphatic heterocycles. The minimum Gasteiger partial charge on any atom is -0.469 e. The molecule has 2 aromatic rings. The Morgan fingerprint density at radius 3 is 2.82 bits per heavy atom. The van der Waals surface area contributed by atoms with Crippen molar-refractivity contribution in [2.24, 2.45) is 0 Å². The van der Waals surface area contributed by atoms with Gasteiger partial charge >= 0.3 is 5.97 Å². The van der Waals surface area contributed by atoms with E-state index in [9.17, 15) is 4.79 Å². The van der Waals surface area contributed by atoms with E-state index in [0.717, 1.165) is 16.5 Å². The van der Waals surface area contributed by atoms with E-state index >= 15 is 0 Å². The molecule has 0 aliphatic rings. The van der Waals surface area contributed by atoms with Gasteiger partial charge in [-0.05, 0) is 17.9 Å². The van der Waals surface area contributed by atoms with Crippen molar-refractivity contribution in [1.82, 2.24) is 4.98 Å². The lowest BCUT2D eigenvalue weighted by molar-refractivity contribution is -0.142. The van der Waals surface area contributed by atoms with Crippen LogP contribution in [0.4, 0.5) is 0 Å². The lowest BCUT2D eigenvalue weighted by Gasteiger charge is -2.13. The van der Waals surface area contributed by atoms with Crippen LogP contribution in [0.3, 0.4) is 0 Å². The maximum Gasteiger partial charge on any atom is 0.314 e. The third kappa shape index (κ3) is 2.13. The summed E-state index contributed by atoms with van der Waals surface area (Å²) in [4.78, 5) is 16.1. The SMILES string of the molecule is CCC(C(=O)OC)c1nccc2ccccc12. The van der Waals surface area contributed by atoms with Crippen molar-refractivity contribution in [3.05, 3.63) is 42.2 Å². The van der Waals surface area contributed by atoms with E-state index < -0.39 is 0 Å². The molecular formula is C14H15NO2. The highest BCUT2D eigenvalue weighted by Crippen LogP contribution is 2.26. The number of benzene rings is 1. The Morgan fingerprint density at radius 1 is 1.35 bits per heavy atom. The Balaban J connectivity index is 2.57. The molecule has 0 spiro atoms. The Labute approximate surface area is 100 Å². The zero-order valence-corrected chi connectivity index (χ0v) is 10.0. The zero-order valence-electron chi connectivity index (χ0n) is 10.0.